The molecule has 1 aromatic heterocycles. The summed E-state index contributed by atoms with van der Waals surface area (Å²) in [6.45, 7) is 3.23. The predicted molar refractivity (Wildman–Crippen MR) is 75.3 cm³/mol. The minimum Gasteiger partial charge on any atom is -0.480 e. The van der Waals surface area contributed by atoms with Gasteiger partial charge in [-0.05, 0) is 13.5 Å². The Balaban J connectivity index is 2.18. The van der Waals surface area contributed by atoms with Gasteiger partial charge in [-0.25, -0.2) is 8.42 Å². The monoisotopic (exact) mass is 316 g/mol. The molecule has 2 heterocycles. The van der Waals surface area contributed by atoms with E-state index in [-0.39, 0.29) is 17.5 Å². The molecule has 1 fully saturated rings. The number of likely N-dealkylation sites (N-methyl/N-ethyl adjacent to an activating group) is 1. The van der Waals surface area contributed by atoms with Crippen molar-refractivity contribution in [1.82, 2.24) is 19.0 Å². The number of hydrogen-bond acceptors (Lipinski definition) is 5. The molecule has 0 bridgehead atoms. The lowest BCUT2D eigenvalue weighted by Crippen LogP contribution is -2.52. The van der Waals surface area contributed by atoms with E-state index in [1.54, 1.807) is 0 Å². The molecule has 9 heteroatoms. The van der Waals surface area contributed by atoms with Crippen molar-refractivity contribution < 1.29 is 18.3 Å². The van der Waals surface area contributed by atoms with Gasteiger partial charge in [0.25, 0.3) is 0 Å². The Morgan fingerprint density at radius 3 is 2.81 bits per heavy atom. The molecule has 1 N–H and O–H groups in total. The molecule has 1 aliphatic heterocycles. The molecule has 1 atom stereocenters. The number of piperazine rings is 1. The summed E-state index contributed by atoms with van der Waals surface area (Å²) in [5.41, 5.74) is 0. The van der Waals surface area contributed by atoms with Crippen molar-refractivity contribution in [2.24, 2.45) is 0 Å². The SMILES string of the molecule is CCC1CN(S(=O)(=O)c2cnn(CC(=O)O)c2)CCN1C. The molecule has 0 aromatic carbocycles. The number of aromatic nitrogens is 2. The quantitative estimate of drug-likeness (QED) is 0.800. The van der Waals surface area contributed by atoms with Crippen LogP contribution in [-0.2, 0) is 21.4 Å². The van der Waals surface area contributed by atoms with Gasteiger partial charge in [0.2, 0.25) is 10.0 Å². The Bertz CT molecular complexity index is 613. The standard InChI is InChI=1S/C12H20N4O4S/c1-3-10-7-16(5-4-14(10)2)21(19,20)11-6-13-15(8-11)9-12(17)18/h6,8,10H,3-5,7,9H2,1-2H3,(H,17,18). The van der Waals surface area contributed by atoms with Gasteiger partial charge in [0.05, 0.1) is 6.20 Å². The van der Waals surface area contributed by atoms with Crippen LogP contribution in [0.3, 0.4) is 0 Å². The second kappa shape index (κ2) is 6.12. The van der Waals surface area contributed by atoms with Crippen LogP contribution in [0.4, 0.5) is 0 Å². The number of carboxylic acid groups (broad SMARTS) is 1. The van der Waals surface area contributed by atoms with Crippen molar-refractivity contribution in [2.75, 3.05) is 26.7 Å². The maximum Gasteiger partial charge on any atom is 0.325 e. The fraction of sp³-hybridized carbons (Fsp3) is 0.667. The Morgan fingerprint density at radius 1 is 1.48 bits per heavy atom. The van der Waals surface area contributed by atoms with Crippen LogP contribution in [0.5, 0.6) is 0 Å². The molecule has 1 aromatic rings. The summed E-state index contributed by atoms with van der Waals surface area (Å²) in [4.78, 5) is 12.8. The van der Waals surface area contributed by atoms with E-state index in [2.05, 4.69) is 10.00 Å². The maximum absolute atomic E-state index is 12.6. The minimum absolute atomic E-state index is 0.0446. The van der Waals surface area contributed by atoms with E-state index in [1.807, 2.05) is 14.0 Å². The Labute approximate surface area is 124 Å². The first-order valence-corrected chi connectivity index (χ1v) is 8.23. The molecular weight excluding hydrogens is 296 g/mol. The van der Waals surface area contributed by atoms with E-state index in [0.717, 1.165) is 11.1 Å². The third-order valence-electron chi connectivity index (χ3n) is 3.76. The van der Waals surface area contributed by atoms with Gasteiger partial charge in [-0.2, -0.15) is 9.40 Å². The molecule has 0 saturated carbocycles. The van der Waals surface area contributed by atoms with Crippen LogP contribution in [0.25, 0.3) is 0 Å². The van der Waals surface area contributed by atoms with Crippen molar-refractivity contribution in [3.05, 3.63) is 12.4 Å². The van der Waals surface area contributed by atoms with Crippen LogP contribution in [0, 0.1) is 0 Å². The van der Waals surface area contributed by atoms with Gasteiger partial charge in [-0.1, -0.05) is 6.92 Å². The van der Waals surface area contributed by atoms with Gasteiger partial charge in [0.1, 0.15) is 11.4 Å². The van der Waals surface area contributed by atoms with E-state index < -0.39 is 16.0 Å². The third kappa shape index (κ3) is 3.42. The summed E-state index contributed by atoms with van der Waals surface area (Å²) in [6.07, 6.45) is 3.35. The summed E-state index contributed by atoms with van der Waals surface area (Å²) in [5.74, 6) is -1.06. The van der Waals surface area contributed by atoms with Crippen LogP contribution in [0.15, 0.2) is 17.3 Å². The topological polar surface area (TPSA) is 95.7 Å². The van der Waals surface area contributed by atoms with Crippen LogP contribution >= 0.6 is 0 Å². The number of hydrogen-bond donors (Lipinski definition) is 1. The van der Waals surface area contributed by atoms with Crippen molar-refractivity contribution in [1.29, 1.82) is 0 Å². The maximum atomic E-state index is 12.6. The van der Waals surface area contributed by atoms with Gasteiger partial charge in [-0.3, -0.25) is 9.48 Å². The van der Waals surface area contributed by atoms with Crippen LogP contribution in [-0.4, -0.2) is 71.2 Å². The Hall–Kier alpha value is -1.45. The molecule has 0 amide bonds. The Morgan fingerprint density at radius 2 is 2.19 bits per heavy atom. The first kappa shape index (κ1) is 15.9. The normalized spacial score (nSPS) is 21.5. The minimum atomic E-state index is -3.61. The average molecular weight is 316 g/mol. The molecule has 0 aliphatic carbocycles. The van der Waals surface area contributed by atoms with Gasteiger partial charge in [-0.15, -0.1) is 0 Å². The average Bonchev–Trinajstić information content (AvgIpc) is 2.87. The smallest absolute Gasteiger partial charge is 0.325 e. The summed E-state index contributed by atoms with van der Waals surface area (Å²) >= 11 is 0. The zero-order valence-electron chi connectivity index (χ0n) is 12.1. The van der Waals surface area contributed by atoms with Gasteiger partial charge in [0, 0.05) is 31.9 Å². The van der Waals surface area contributed by atoms with Gasteiger partial charge < -0.3 is 10.0 Å². The largest absolute Gasteiger partial charge is 0.480 e. The van der Waals surface area contributed by atoms with E-state index in [9.17, 15) is 13.2 Å². The van der Waals surface area contributed by atoms with E-state index in [0.29, 0.717) is 19.6 Å². The van der Waals surface area contributed by atoms with E-state index in [4.69, 9.17) is 5.11 Å². The molecular formula is C12H20N4O4S. The zero-order chi connectivity index (χ0) is 15.6. The number of nitrogens with zero attached hydrogens (tertiary/aromatic N) is 4. The number of rotatable bonds is 5. The molecule has 1 saturated heterocycles. The molecule has 1 unspecified atom stereocenters. The molecule has 8 nitrogen and oxygen atoms in total. The van der Waals surface area contributed by atoms with Crippen molar-refractivity contribution in [3.8, 4) is 0 Å². The molecule has 0 spiro atoms. The summed E-state index contributed by atoms with van der Waals surface area (Å²) in [7, 11) is -1.62. The van der Waals surface area contributed by atoms with Crippen molar-refractivity contribution in [3.63, 3.8) is 0 Å². The molecule has 118 valence electrons. The first-order chi connectivity index (χ1) is 9.84. The summed E-state index contributed by atoms with van der Waals surface area (Å²) in [5, 5.41) is 12.5. The van der Waals surface area contributed by atoms with Gasteiger partial charge >= 0.3 is 5.97 Å². The second-order valence-corrected chi connectivity index (χ2v) is 7.11. The van der Waals surface area contributed by atoms with E-state index in [1.165, 1.54) is 16.7 Å². The zero-order valence-corrected chi connectivity index (χ0v) is 13.0. The highest BCUT2D eigenvalue weighted by Crippen LogP contribution is 2.20. The number of carbonyl (C=O) groups is 1. The fourth-order valence-corrected chi connectivity index (χ4v) is 3.85. The number of carboxylic acids is 1. The molecule has 21 heavy (non-hydrogen) atoms. The molecule has 1 aliphatic rings. The highest BCUT2D eigenvalue weighted by molar-refractivity contribution is 7.89. The lowest BCUT2D eigenvalue weighted by atomic mass is 10.1. The van der Waals surface area contributed by atoms with E-state index >= 15 is 0 Å². The first-order valence-electron chi connectivity index (χ1n) is 6.79. The lowest BCUT2D eigenvalue weighted by molar-refractivity contribution is -0.137. The van der Waals surface area contributed by atoms with Crippen molar-refractivity contribution >= 4 is 16.0 Å². The molecule has 0 radical (unpaired) electrons. The fourth-order valence-electron chi connectivity index (χ4n) is 2.43. The highest BCUT2D eigenvalue weighted by Gasteiger charge is 2.32. The number of sulfonamides is 1. The van der Waals surface area contributed by atoms with Crippen LogP contribution in [0.1, 0.15) is 13.3 Å². The summed E-state index contributed by atoms with van der Waals surface area (Å²) < 4.78 is 27.7. The predicted octanol–water partition coefficient (Wildman–Crippen LogP) is -0.318. The van der Waals surface area contributed by atoms with Crippen molar-refractivity contribution in [2.45, 2.75) is 30.8 Å². The summed E-state index contributed by atoms with van der Waals surface area (Å²) in [6, 6.07) is 0.197. The highest BCUT2D eigenvalue weighted by atomic mass is 32.2. The lowest BCUT2D eigenvalue weighted by Gasteiger charge is -2.38. The third-order valence-corrected chi connectivity index (χ3v) is 5.57. The Kier molecular flexibility index (Phi) is 4.64. The van der Waals surface area contributed by atoms with Crippen LogP contribution < -0.4 is 0 Å². The molecule has 2 rings (SSSR count). The second-order valence-electron chi connectivity index (χ2n) is 5.17. The van der Waals surface area contributed by atoms with Gasteiger partial charge in [0.15, 0.2) is 0 Å². The van der Waals surface area contributed by atoms with Crippen LogP contribution in [0.2, 0.25) is 0 Å². The number of aliphatic carboxylic acids is 1.